The van der Waals surface area contributed by atoms with Gasteiger partial charge in [-0.05, 0) is 15.9 Å². The highest BCUT2D eigenvalue weighted by Crippen LogP contribution is 2.30. The molecule has 1 aromatic rings. The zero-order valence-electron chi connectivity index (χ0n) is 5.11. The van der Waals surface area contributed by atoms with Crippen molar-refractivity contribution in [3.05, 3.63) is 24.8 Å². The molecule has 0 aliphatic carbocycles. The van der Waals surface area contributed by atoms with Crippen molar-refractivity contribution < 1.29 is 9.72 Å². The first kappa shape index (κ1) is 8.35. The number of carbonyl (C=O) groups is 1. The van der Waals surface area contributed by atoms with Crippen molar-refractivity contribution in [3.63, 3.8) is 0 Å². The lowest BCUT2D eigenvalue weighted by atomic mass is 10.4. The smallest absolute Gasteiger partial charge is 0.291 e. The first-order valence-corrected chi connectivity index (χ1v) is 4.15. The van der Waals surface area contributed by atoms with Crippen molar-refractivity contribution in [3.8, 4) is 0 Å². The molecule has 4 nitrogen and oxygen atoms in total. The van der Waals surface area contributed by atoms with Gasteiger partial charge in [0.1, 0.15) is 4.88 Å². The van der Waals surface area contributed by atoms with Gasteiger partial charge >= 0.3 is 0 Å². The van der Waals surface area contributed by atoms with E-state index < -0.39 is 4.92 Å². The van der Waals surface area contributed by atoms with Crippen LogP contribution in [0.5, 0.6) is 0 Å². The molecule has 0 amide bonds. The monoisotopic (exact) mass is 235 g/mol. The third-order valence-electron chi connectivity index (χ3n) is 1.01. The molecule has 0 aliphatic rings. The number of rotatable bonds is 2. The third kappa shape index (κ3) is 1.63. The third-order valence-corrected chi connectivity index (χ3v) is 2.57. The number of thiophene rings is 1. The summed E-state index contributed by atoms with van der Waals surface area (Å²) in [6.07, 6.45) is 0.480. The Hall–Kier alpha value is -0.750. The summed E-state index contributed by atoms with van der Waals surface area (Å²) >= 11 is 4.10. The fraction of sp³-hybridized carbons (Fsp3) is 0. The van der Waals surface area contributed by atoms with E-state index in [9.17, 15) is 14.9 Å². The maximum Gasteiger partial charge on any atom is 0.291 e. The molecule has 6 heteroatoms. The molecule has 0 unspecified atom stereocenters. The maximum absolute atomic E-state index is 10.2. The SMILES string of the molecule is O=Cc1sc(Br)cc1[N+](=O)[O-]. The van der Waals surface area contributed by atoms with Gasteiger partial charge in [0.15, 0.2) is 6.29 Å². The Bertz CT molecular complexity index is 309. The van der Waals surface area contributed by atoms with Gasteiger partial charge in [-0.15, -0.1) is 11.3 Å². The van der Waals surface area contributed by atoms with Gasteiger partial charge < -0.3 is 0 Å². The Labute approximate surface area is 74.1 Å². The highest BCUT2D eigenvalue weighted by Gasteiger charge is 2.16. The fourth-order valence-electron chi connectivity index (χ4n) is 0.593. The molecule has 0 N–H and O–H groups in total. The minimum Gasteiger partial charge on any atom is -0.297 e. The quantitative estimate of drug-likeness (QED) is 0.449. The first-order valence-electron chi connectivity index (χ1n) is 2.54. The molecule has 58 valence electrons. The van der Waals surface area contributed by atoms with Gasteiger partial charge in [-0.1, -0.05) is 0 Å². The highest BCUT2D eigenvalue weighted by atomic mass is 79.9. The van der Waals surface area contributed by atoms with E-state index in [1.54, 1.807) is 0 Å². The number of nitrogens with zero attached hydrogens (tertiary/aromatic N) is 1. The molecule has 0 atom stereocenters. The Morgan fingerprint density at radius 1 is 1.73 bits per heavy atom. The van der Waals surface area contributed by atoms with E-state index in [2.05, 4.69) is 15.9 Å². The molecule has 0 spiro atoms. The molecule has 1 rings (SSSR count). The van der Waals surface area contributed by atoms with Crippen LogP contribution in [0.15, 0.2) is 9.85 Å². The zero-order valence-corrected chi connectivity index (χ0v) is 7.52. The summed E-state index contributed by atoms with van der Waals surface area (Å²) < 4.78 is 0.589. The van der Waals surface area contributed by atoms with Crippen molar-refractivity contribution in [2.45, 2.75) is 0 Å². The van der Waals surface area contributed by atoms with Crippen molar-refractivity contribution in [2.75, 3.05) is 0 Å². The Morgan fingerprint density at radius 2 is 2.36 bits per heavy atom. The number of aldehydes is 1. The average Bonchev–Trinajstić information content (AvgIpc) is 2.30. The second kappa shape index (κ2) is 3.10. The summed E-state index contributed by atoms with van der Waals surface area (Å²) in [6.45, 7) is 0. The van der Waals surface area contributed by atoms with Gasteiger partial charge in [0.05, 0.1) is 8.71 Å². The summed E-state index contributed by atoms with van der Waals surface area (Å²) in [5, 5.41) is 10.2. The number of halogens is 1. The summed E-state index contributed by atoms with van der Waals surface area (Å²) in [4.78, 5) is 20.0. The van der Waals surface area contributed by atoms with Gasteiger partial charge in [0.25, 0.3) is 5.69 Å². The second-order valence-corrected chi connectivity index (χ2v) is 4.14. The number of carbonyl (C=O) groups excluding carboxylic acids is 1. The van der Waals surface area contributed by atoms with E-state index in [-0.39, 0.29) is 10.6 Å². The van der Waals surface area contributed by atoms with Crippen LogP contribution in [-0.2, 0) is 0 Å². The Balaban J connectivity index is 3.22. The van der Waals surface area contributed by atoms with Crippen LogP contribution in [0.25, 0.3) is 0 Å². The molecule has 0 fully saturated rings. The lowest BCUT2D eigenvalue weighted by molar-refractivity contribution is -0.384. The van der Waals surface area contributed by atoms with E-state index in [1.165, 1.54) is 6.07 Å². The molecule has 0 bridgehead atoms. The van der Waals surface area contributed by atoms with Crippen LogP contribution in [0, 0.1) is 10.1 Å². The molecular weight excluding hydrogens is 234 g/mol. The van der Waals surface area contributed by atoms with E-state index in [0.717, 1.165) is 11.3 Å². The van der Waals surface area contributed by atoms with Crippen LogP contribution < -0.4 is 0 Å². The molecule has 1 aromatic heterocycles. The Kier molecular flexibility index (Phi) is 2.35. The van der Waals surface area contributed by atoms with Crippen molar-refractivity contribution in [1.82, 2.24) is 0 Å². The van der Waals surface area contributed by atoms with Gasteiger partial charge in [-0.2, -0.15) is 0 Å². The summed E-state index contributed by atoms with van der Waals surface area (Å²) in [7, 11) is 0. The molecular formula is C5H2BrNO3S. The number of hydrogen-bond acceptors (Lipinski definition) is 4. The minimum atomic E-state index is -0.578. The van der Waals surface area contributed by atoms with Crippen molar-refractivity contribution >= 4 is 39.2 Å². The van der Waals surface area contributed by atoms with Crippen LogP contribution in [0.4, 0.5) is 5.69 Å². The lowest BCUT2D eigenvalue weighted by Gasteiger charge is -1.82. The van der Waals surface area contributed by atoms with Crippen molar-refractivity contribution in [1.29, 1.82) is 0 Å². The molecule has 0 aliphatic heterocycles. The van der Waals surface area contributed by atoms with E-state index >= 15 is 0 Å². The fourth-order valence-corrected chi connectivity index (χ4v) is 2.00. The maximum atomic E-state index is 10.2. The van der Waals surface area contributed by atoms with Crippen LogP contribution in [0.3, 0.4) is 0 Å². The zero-order chi connectivity index (χ0) is 8.43. The summed E-state index contributed by atoms with van der Waals surface area (Å²) in [6, 6.07) is 1.31. The number of nitro groups is 1. The van der Waals surface area contributed by atoms with Crippen LogP contribution in [-0.4, -0.2) is 11.2 Å². The average molecular weight is 236 g/mol. The van der Waals surface area contributed by atoms with E-state index in [1.807, 2.05) is 0 Å². The van der Waals surface area contributed by atoms with Gasteiger partial charge in [-0.25, -0.2) is 0 Å². The first-order chi connectivity index (χ1) is 5.15. The number of hydrogen-bond donors (Lipinski definition) is 0. The second-order valence-electron chi connectivity index (χ2n) is 1.67. The molecule has 0 radical (unpaired) electrons. The molecule has 1 heterocycles. The minimum absolute atomic E-state index is 0.141. The van der Waals surface area contributed by atoms with Crippen LogP contribution in [0.2, 0.25) is 0 Å². The topological polar surface area (TPSA) is 60.2 Å². The Morgan fingerprint density at radius 3 is 2.73 bits per heavy atom. The largest absolute Gasteiger partial charge is 0.297 e. The molecule has 0 aromatic carbocycles. The van der Waals surface area contributed by atoms with Gasteiger partial charge in [0.2, 0.25) is 0 Å². The summed E-state index contributed by atoms with van der Waals surface area (Å²) in [5.41, 5.74) is -0.142. The van der Waals surface area contributed by atoms with Crippen LogP contribution in [0.1, 0.15) is 9.67 Å². The van der Waals surface area contributed by atoms with Crippen LogP contribution >= 0.6 is 27.3 Å². The predicted octanol–water partition coefficient (Wildman–Crippen LogP) is 2.23. The normalized spacial score (nSPS) is 9.55. The predicted molar refractivity (Wildman–Crippen MR) is 44.1 cm³/mol. The highest BCUT2D eigenvalue weighted by molar-refractivity contribution is 9.11. The standard InChI is InChI=1S/C5H2BrNO3S/c6-5-1-3(7(9)10)4(2-8)11-5/h1-2H. The lowest BCUT2D eigenvalue weighted by Crippen LogP contribution is -1.87. The van der Waals surface area contributed by atoms with Gasteiger partial charge in [0, 0.05) is 6.07 Å². The van der Waals surface area contributed by atoms with E-state index in [0.29, 0.717) is 10.1 Å². The molecule has 0 saturated heterocycles. The van der Waals surface area contributed by atoms with Gasteiger partial charge in [-0.3, -0.25) is 14.9 Å². The molecule has 0 saturated carbocycles. The molecule has 11 heavy (non-hydrogen) atoms. The van der Waals surface area contributed by atoms with Crippen molar-refractivity contribution in [2.24, 2.45) is 0 Å². The van der Waals surface area contributed by atoms with E-state index in [4.69, 9.17) is 0 Å². The summed E-state index contributed by atoms with van der Waals surface area (Å²) in [5.74, 6) is 0.